The van der Waals surface area contributed by atoms with Gasteiger partial charge in [-0.2, -0.15) is 0 Å². The second kappa shape index (κ2) is 5.59. The molecule has 94 valence electrons. The minimum absolute atomic E-state index is 0.295. The molecular weight excluding hydrogens is 321 g/mol. The standard InChI is InChI=1S/C13H10BrClFNO/c14-11-5-9(16)2-1-8(11)7-18-13-4-3-10(17)6-12(13)15/h1-6H,7,17H2. The summed E-state index contributed by atoms with van der Waals surface area (Å²) in [5.74, 6) is 0.248. The van der Waals surface area contributed by atoms with Crippen molar-refractivity contribution in [3.8, 4) is 5.75 Å². The number of nitrogen functional groups attached to an aromatic ring is 1. The molecule has 0 atom stereocenters. The van der Waals surface area contributed by atoms with Gasteiger partial charge in [0.25, 0.3) is 0 Å². The summed E-state index contributed by atoms with van der Waals surface area (Å²) in [6.45, 7) is 0.296. The maximum atomic E-state index is 12.9. The lowest BCUT2D eigenvalue weighted by molar-refractivity contribution is 0.305. The zero-order valence-corrected chi connectivity index (χ0v) is 11.6. The van der Waals surface area contributed by atoms with Crippen LogP contribution in [0.1, 0.15) is 5.56 Å². The summed E-state index contributed by atoms with van der Waals surface area (Å²) in [6, 6.07) is 9.47. The predicted molar refractivity (Wildman–Crippen MR) is 74.3 cm³/mol. The van der Waals surface area contributed by atoms with Gasteiger partial charge in [0.15, 0.2) is 0 Å². The van der Waals surface area contributed by atoms with Crippen molar-refractivity contribution in [2.45, 2.75) is 6.61 Å². The second-order valence-electron chi connectivity index (χ2n) is 3.71. The third-order valence-electron chi connectivity index (χ3n) is 2.35. The molecule has 0 bridgehead atoms. The van der Waals surface area contributed by atoms with Crippen LogP contribution >= 0.6 is 27.5 Å². The van der Waals surface area contributed by atoms with E-state index in [1.54, 1.807) is 24.3 Å². The van der Waals surface area contributed by atoms with Crippen LogP contribution in [-0.2, 0) is 6.61 Å². The summed E-state index contributed by atoms with van der Waals surface area (Å²) in [5, 5.41) is 0.452. The maximum Gasteiger partial charge on any atom is 0.138 e. The number of ether oxygens (including phenoxy) is 1. The lowest BCUT2D eigenvalue weighted by Gasteiger charge is -2.09. The minimum Gasteiger partial charge on any atom is -0.487 e. The van der Waals surface area contributed by atoms with Gasteiger partial charge in [-0.3, -0.25) is 0 Å². The molecule has 5 heteroatoms. The van der Waals surface area contributed by atoms with Crippen LogP contribution in [0.15, 0.2) is 40.9 Å². The average Bonchev–Trinajstić information content (AvgIpc) is 2.30. The smallest absolute Gasteiger partial charge is 0.138 e. The van der Waals surface area contributed by atoms with Gasteiger partial charge in [0.2, 0.25) is 0 Å². The summed E-state index contributed by atoms with van der Waals surface area (Å²) >= 11 is 9.26. The third kappa shape index (κ3) is 3.15. The summed E-state index contributed by atoms with van der Waals surface area (Å²) in [5.41, 5.74) is 7.00. The molecule has 0 amide bonds. The Kier molecular flexibility index (Phi) is 4.09. The van der Waals surface area contributed by atoms with E-state index in [0.29, 0.717) is 27.5 Å². The normalized spacial score (nSPS) is 10.4. The molecule has 2 aromatic carbocycles. The zero-order valence-electron chi connectivity index (χ0n) is 9.29. The van der Waals surface area contributed by atoms with E-state index in [4.69, 9.17) is 22.1 Å². The molecule has 0 aliphatic carbocycles. The SMILES string of the molecule is Nc1ccc(OCc2ccc(F)cc2Br)c(Cl)c1. The Morgan fingerprint density at radius 1 is 1.22 bits per heavy atom. The molecule has 18 heavy (non-hydrogen) atoms. The van der Waals surface area contributed by atoms with E-state index in [0.717, 1.165) is 5.56 Å². The van der Waals surface area contributed by atoms with Gasteiger partial charge < -0.3 is 10.5 Å². The van der Waals surface area contributed by atoms with E-state index in [1.165, 1.54) is 12.1 Å². The Bertz CT molecular complexity index is 525. The van der Waals surface area contributed by atoms with E-state index < -0.39 is 0 Å². The number of hydrogen-bond donors (Lipinski definition) is 1. The molecule has 0 aliphatic rings. The van der Waals surface area contributed by atoms with Gasteiger partial charge in [-0.1, -0.05) is 33.6 Å². The number of anilines is 1. The van der Waals surface area contributed by atoms with Crippen molar-refractivity contribution in [1.29, 1.82) is 0 Å². The predicted octanol–water partition coefficient (Wildman–Crippen LogP) is 4.40. The lowest BCUT2D eigenvalue weighted by Crippen LogP contribution is -1.98. The summed E-state index contributed by atoms with van der Waals surface area (Å²) in [7, 11) is 0. The van der Waals surface area contributed by atoms with Crippen molar-refractivity contribution >= 4 is 33.2 Å². The molecule has 0 spiro atoms. The molecule has 0 saturated carbocycles. The van der Waals surface area contributed by atoms with Gasteiger partial charge in [-0.15, -0.1) is 0 Å². The first-order valence-electron chi connectivity index (χ1n) is 5.18. The molecule has 2 rings (SSSR count). The number of rotatable bonds is 3. The van der Waals surface area contributed by atoms with Gasteiger partial charge in [-0.25, -0.2) is 4.39 Å². The average molecular weight is 331 g/mol. The van der Waals surface area contributed by atoms with Crippen molar-refractivity contribution < 1.29 is 9.13 Å². The Morgan fingerprint density at radius 2 is 2.00 bits per heavy atom. The maximum absolute atomic E-state index is 12.9. The molecular formula is C13H10BrClFNO. The third-order valence-corrected chi connectivity index (χ3v) is 3.39. The first-order valence-corrected chi connectivity index (χ1v) is 6.35. The summed E-state index contributed by atoms with van der Waals surface area (Å²) < 4.78 is 19.1. The van der Waals surface area contributed by atoms with Crippen molar-refractivity contribution in [3.63, 3.8) is 0 Å². The van der Waals surface area contributed by atoms with Gasteiger partial charge in [-0.05, 0) is 30.3 Å². The summed E-state index contributed by atoms with van der Waals surface area (Å²) in [4.78, 5) is 0. The number of nitrogens with two attached hydrogens (primary N) is 1. The van der Waals surface area contributed by atoms with Crippen LogP contribution in [0.25, 0.3) is 0 Å². The molecule has 2 aromatic rings. The summed E-state index contributed by atoms with van der Waals surface area (Å²) in [6.07, 6.45) is 0. The molecule has 0 radical (unpaired) electrons. The first-order chi connectivity index (χ1) is 8.56. The minimum atomic E-state index is -0.295. The van der Waals surface area contributed by atoms with Crippen molar-refractivity contribution in [3.05, 3.63) is 57.3 Å². The van der Waals surface area contributed by atoms with Crippen molar-refractivity contribution in [2.75, 3.05) is 5.73 Å². The fourth-order valence-electron chi connectivity index (χ4n) is 1.43. The van der Waals surface area contributed by atoms with Crippen LogP contribution in [0.5, 0.6) is 5.75 Å². The van der Waals surface area contributed by atoms with Gasteiger partial charge in [0.05, 0.1) is 5.02 Å². The van der Waals surface area contributed by atoms with Gasteiger partial charge in [0.1, 0.15) is 18.2 Å². The fraction of sp³-hybridized carbons (Fsp3) is 0.0769. The van der Waals surface area contributed by atoms with Crippen molar-refractivity contribution in [1.82, 2.24) is 0 Å². The highest BCUT2D eigenvalue weighted by Crippen LogP contribution is 2.28. The molecule has 0 saturated heterocycles. The van der Waals surface area contributed by atoms with E-state index in [1.807, 2.05) is 0 Å². The van der Waals surface area contributed by atoms with E-state index in [-0.39, 0.29) is 5.82 Å². The second-order valence-corrected chi connectivity index (χ2v) is 4.98. The van der Waals surface area contributed by atoms with Crippen LogP contribution in [0.2, 0.25) is 5.02 Å². The van der Waals surface area contributed by atoms with Crippen LogP contribution in [-0.4, -0.2) is 0 Å². The topological polar surface area (TPSA) is 35.2 Å². The monoisotopic (exact) mass is 329 g/mol. The molecule has 0 fully saturated rings. The van der Waals surface area contributed by atoms with Crippen LogP contribution < -0.4 is 10.5 Å². The number of benzene rings is 2. The van der Waals surface area contributed by atoms with Crippen LogP contribution in [0, 0.1) is 5.82 Å². The zero-order chi connectivity index (χ0) is 13.1. The van der Waals surface area contributed by atoms with Crippen LogP contribution in [0.3, 0.4) is 0 Å². The van der Waals surface area contributed by atoms with Gasteiger partial charge in [0, 0.05) is 15.7 Å². The van der Waals surface area contributed by atoms with Crippen molar-refractivity contribution in [2.24, 2.45) is 0 Å². The Hall–Kier alpha value is -1.26. The van der Waals surface area contributed by atoms with Gasteiger partial charge >= 0.3 is 0 Å². The highest BCUT2D eigenvalue weighted by atomic mass is 79.9. The van der Waals surface area contributed by atoms with E-state index in [2.05, 4.69) is 15.9 Å². The van der Waals surface area contributed by atoms with E-state index >= 15 is 0 Å². The molecule has 0 unspecified atom stereocenters. The molecule has 0 aromatic heterocycles. The molecule has 2 nitrogen and oxygen atoms in total. The highest BCUT2D eigenvalue weighted by molar-refractivity contribution is 9.10. The van der Waals surface area contributed by atoms with E-state index in [9.17, 15) is 4.39 Å². The fourth-order valence-corrected chi connectivity index (χ4v) is 2.14. The lowest BCUT2D eigenvalue weighted by atomic mass is 10.2. The quantitative estimate of drug-likeness (QED) is 0.846. The Labute approximate surface area is 118 Å². The Morgan fingerprint density at radius 3 is 2.67 bits per heavy atom. The molecule has 0 heterocycles. The first kappa shape index (κ1) is 13.2. The molecule has 0 aliphatic heterocycles. The number of hydrogen-bond acceptors (Lipinski definition) is 2. The largest absolute Gasteiger partial charge is 0.487 e. The molecule has 2 N–H and O–H groups in total. The Balaban J connectivity index is 2.11. The number of halogens is 3. The highest BCUT2D eigenvalue weighted by Gasteiger charge is 2.05. The van der Waals surface area contributed by atoms with Crippen LogP contribution in [0.4, 0.5) is 10.1 Å².